The minimum Gasteiger partial charge on any atom is -0.337 e. The van der Waals surface area contributed by atoms with Crippen LogP contribution in [0.5, 0.6) is 0 Å². The summed E-state index contributed by atoms with van der Waals surface area (Å²) in [5.41, 5.74) is 3.01. The van der Waals surface area contributed by atoms with Gasteiger partial charge in [-0.05, 0) is 44.0 Å². The zero-order valence-corrected chi connectivity index (χ0v) is 13.6. The molecule has 5 heteroatoms. The molecule has 0 saturated carbocycles. The van der Waals surface area contributed by atoms with E-state index >= 15 is 0 Å². The van der Waals surface area contributed by atoms with Crippen molar-refractivity contribution in [2.24, 2.45) is 0 Å². The van der Waals surface area contributed by atoms with Crippen molar-refractivity contribution in [3.05, 3.63) is 64.1 Å². The molecule has 0 unspecified atom stereocenters. The van der Waals surface area contributed by atoms with Gasteiger partial charge >= 0.3 is 0 Å². The summed E-state index contributed by atoms with van der Waals surface area (Å²) in [6.45, 7) is 3.62. The third kappa shape index (κ3) is 2.42. The van der Waals surface area contributed by atoms with Gasteiger partial charge in [0, 0.05) is 24.5 Å². The molecule has 0 aliphatic carbocycles. The van der Waals surface area contributed by atoms with Gasteiger partial charge in [-0.1, -0.05) is 17.7 Å². The number of carbonyl (C=O) groups excluding carboxylic acids is 1. The number of hydrogen-bond acceptors (Lipinski definition) is 2. The summed E-state index contributed by atoms with van der Waals surface area (Å²) >= 11 is 0. The van der Waals surface area contributed by atoms with Crippen molar-refractivity contribution < 1.29 is 4.79 Å². The van der Waals surface area contributed by atoms with Crippen LogP contribution >= 0.6 is 0 Å². The number of aryl methyl sites for hydroxylation is 1. The van der Waals surface area contributed by atoms with Gasteiger partial charge in [-0.15, -0.1) is 0 Å². The highest BCUT2D eigenvalue weighted by Gasteiger charge is 2.21. The average molecular weight is 321 g/mol. The highest BCUT2D eigenvalue weighted by Crippen LogP contribution is 2.20. The van der Waals surface area contributed by atoms with E-state index in [0.717, 1.165) is 42.6 Å². The molecule has 5 nitrogen and oxygen atoms in total. The monoisotopic (exact) mass is 321 g/mol. The zero-order valence-electron chi connectivity index (χ0n) is 13.6. The fraction of sp³-hybridized carbons (Fsp3) is 0.263. The predicted octanol–water partition coefficient (Wildman–Crippen LogP) is 2.86. The maximum absolute atomic E-state index is 12.6. The summed E-state index contributed by atoms with van der Waals surface area (Å²) in [7, 11) is 0. The summed E-state index contributed by atoms with van der Waals surface area (Å²) in [4.78, 5) is 30.0. The molecule has 1 aliphatic rings. The van der Waals surface area contributed by atoms with Gasteiger partial charge in [0.05, 0.1) is 5.69 Å². The topological polar surface area (TPSA) is 58.1 Å². The van der Waals surface area contributed by atoms with Crippen LogP contribution in [0.4, 0.5) is 0 Å². The number of aromatic nitrogens is 2. The smallest absolute Gasteiger partial charge is 0.270 e. The van der Waals surface area contributed by atoms with Crippen LogP contribution in [0.1, 0.15) is 28.9 Å². The van der Waals surface area contributed by atoms with Crippen molar-refractivity contribution in [2.45, 2.75) is 19.8 Å². The maximum atomic E-state index is 12.6. The number of H-pyrrole nitrogens is 1. The standard InChI is InChI=1S/C19H19N3O2/c1-13-4-7-15(8-5-13)22-17(23)9-6-14-12-16(20-18(14)22)19(24)21-10-2-3-11-21/h4-9,12,20H,2-3,10-11H2,1H3. The van der Waals surface area contributed by atoms with Crippen molar-refractivity contribution in [2.75, 3.05) is 13.1 Å². The van der Waals surface area contributed by atoms with Crippen LogP contribution in [0.25, 0.3) is 16.7 Å². The van der Waals surface area contributed by atoms with Crippen molar-refractivity contribution in [3.8, 4) is 5.69 Å². The Morgan fingerprint density at radius 2 is 1.75 bits per heavy atom. The molecule has 1 N–H and O–H groups in total. The molecule has 122 valence electrons. The normalized spacial score (nSPS) is 14.5. The fourth-order valence-corrected chi connectivity index (χ4v) is 3.27. The van der Waals surface area contributed by atoms with Gasteiger partial charge in [-0.2, -0.15) is 0 Å². The van der Waals surface area contributed by atoms with Crippen molar-refractivity contribution in [3.63, 3.8) is 0 Å². The lowest BCUT2D eigenvalue weighted by Gasteiger charge is -2.13. The Morgan fingerprint density at radius 1 is 1.04 bits per heavy atom. The van der Waals surface area contributed by atoms with Crippen molar-refractivity contribution in [1.82, 2.24) is 14.5 Å². The summed E-state index contributed by atoms with van der Waals surface area (Å²) in [6.07, 6.45) is 2.11. The van der Waals surface area contributed by atoms with Gasteiger partial charge in [0.15, 0.2) is 0 Å². The number of aromatic amines is 1. The van der Waals surface area contributed by atoms with E-state index in [1.165, 1.54) is 0 Å². The molecule has 0 radical (unpaired) electrons. The maximum Gasteiger partial charge on any atom is 0.270 e. The SMILES string of the molecule is Cc1ccc(-n2c(=O)ccc3cc(C(=O)N4CCCC4)[nH]c32)cc1. The minimum atomic E-state index is -0.117. The number of benzene rings is 1. The van der Waals surface area contributed by atoms with E-state index in [4.69, 9.17) is 0 Å². The van der Waals surface area contributed by atoms with E-state index in [0.29, 0.717) is 11.3 Å². The third-order valence-electron chi connectivity index (χ3n) is 4.59. The Balaban J connectivity index is 1.85. The van der Waals surface area contributed by atoms with Crippen LogP contribution in [-0.2, 0) is 0 Å². The van der Waals surface area contributed by atoms with Gasteiger partial charge in [0.2, 0.25) is 0 Å². The predicted molar refractivity (Wildman–Crippen MR) is 93.8 cm³/mol. The first kappa shape index (κ1) is 14.8. The molecule has 1 aromatic carbocycles. The van der Waals surface area contributed by atoms with Gasteiger partial charge in [0.25, 0.3) is 11.5 Å². The van der Waals surface area contributed by atoms with Crippen LogP contribution in [0, 0.1) is 6.92 Å². The molecule has 2 aromatic heterocycles. The molecule has 1 aliphatic heterocycles. The molecular formula is C19H19N3O2. The molecule has 0 atom stereocenters. The number of likely N-dealkylation sites (tertiary alicyclic amines) is 1. The number of hydrogen-bond donors (Lipinski definition) is 1. The molecule has 1 fully saturated rings. The Morgan fingerprint density at radius 3 is 2.46 bits per heavy atom. The lowest BCUT2D eigenvalue weighted by atomic mass is 10.2. The molecule has 1 saturated heterocycles. The zero-order chi connectivity index (χ0) is 16.7. The third-order valence-corrected chi connectivity index (χ3v) is 4.59. The Bertz CT molecular complexity index is 960. The lowest BCUT2D eigenvalue weighted by Crippen LogP contribution is -2.27. The summed E-state index contributed by atoms with van der Waals surface area (Å²) in [5.74, 6) is 0.00612. The van der Waals surface area contributed by atoms with Crippen LogP contribution in [0.15, 0.2) is 47.3 Å². The van der Waals surface area contributed by atoms with Gasteiger partial charge in [-0.25, -0.2) is 0 Å². The van der Waals surface area contributed by atoms with E-state index < -0.39 is 0 Å². The van der Waals surface area contributed by atoms with E-state index in [-0.39, 0.29) is 11.5 Å². The summed E-state index contributed by atoms with van der Waals surface area (Å²) < 4.78 is 1.62. The molecule has 24 heavy (non-hydrogen) atoms. The largest absolute Gasteiger partial charge is 0.337 e. The number of fused-ring (bicyclic) bond motifs is 1. The van der Waals surface area contributed by atoms with Crippen LogP contribution < -0.4 is 5.56 Å². The van der Waals surface area contributed by atoms with E-state index in [1.807, 2.05) is 42.2 Å². The molecule has 1 amide bonds. The second-order valence-corrected chi connectivity index (χ2v) is 6.33. The first-order chi connectivity index (χ1) is 11.6. The average Bonchev–Trinajstić information content (AvgIpc) is 3.25. The number of pyridine rings is 1. The number of carbonyl (C=O) groups is 1. The number of amides is 1. The van der Waals surface area contributed by atoms with Crippen LogP contribution in [0.3, 0.4) is 0 Å². The first-order valence-electron chi connectivity index (χ1n) is 8.24. The van der Waals surface area contributed by atoms with Crippen molar-refractivity contribution in [1.29, 1.82) is 0 Å². The molecule has 0 spiro atoms. The molecule has 3 heterocycles. The number of nitrogens with one attached hydrogen (secondary N) is 1. The Hall–Kier alpha value is -2.82. The van der Waals surface area contributed by atoms with Gasteiger partial charge in [-0.3, -0.25) is 14.2 Å². The second-order valence-electron chi connectivity index (χ2n) is 6.33. The highest BCUT2D eigenvalue weighted by molar-refractivity contribution is 5.97. The summed E-state index contributed by atoms with van der Waals surface area (Å²) in [5, 5.41) is 0.859. The molecule has 0 bridgehead atoms. The van der Waals surface area contributed by atoms with Gasteiger partial charge in [0.1, 0.15) is 11.3 Å². The van der Waals surface area contributed by atoms with Crippen LogP contribution in [-0.4, -0.2) is 33.4 Å². The van der Waals surface area contributed by atoms with Crippen LogP contribution in [0.2, 0.25) is 0 Å². The fourth-order valence-electron chi connectivity index (χ4n) is 3.27. The Kier molecular flexibility index (Phi) is 3.49. The van der Waals surface area contributed by atoms with E-state index in [9.17, 15) is 9.59 Å². The second kappa shape index (κ2) is 5.67. The van der Waals surface area contributed by atoms with Crippen molar-refractivity contribution >= 4 is 16.9 Å². The minimum absolute atomic E-state index is 0.00612. The molecule has 3 aromatic rings. The molecular weight excluding hydrogens is 302 g/mol. The lowest BCUT2D eigenvalue weighted by molar-refractivity contribution is 0.0788. The molecule has 4 rings (SSSR count). The first-order valence-corrected chi connectivity index (χ1v) is 8.24. The van der Waals surface area contributed by atoms with E-state index in [2.05, 4.69) is 4.98 Å². The number of nitrogens with zero attached hydrogens (tertiary/aromatic N) is 2. The van der Waals surface area contributed by atoms with E-state index in [1.54, 1.807) is 16.7 Å². The Labute approximate surface area is 139 Å². The summed E-state index contributed by atoms with van der Waals surface area (Å²) in [6, 6.07) is 12.9. The highest BCUT2D eigenvalue weighted by atomic mass is 16.2. The number of rotatable bonds is 2. The van der Waals surface area contributed by atoms with Gasteiger partial charge < -0.3 is 9.88 Å². The quantitative estimate of drug-likeness (QED) is 0.789.